The van der Waals surface area contributed by atoms with Crippen molar-refractivity contribution in [3.05, 3.63) is 18.2 Å². The maximum atomic E-state index is 5.53. The summed E-state index contributed by atoms with van der Waals surface area (Å²) in [7, 11) is 0. The first-order valence-electron chi connectivity index (χ1n) is 4.08. The highest BCUT2D eigenvalue weighted by Crippen LogP contribution is 2.24. The molecule has 1 atom stereocenters. The zero-order valence-electron chi connectivity index (χ0n) is 6.82. The monoisotopic (exact) mass is 188 g/mol. The van der Waals surface area contributed by atoms with Crippen LogP contribution in [0, 0.1) is 0 Å². The molecule has 68 valence electrons. The van der Waals surface area contributed by atoms with E-state index >= 15 is 0 Å². The Morgan fingerprint density at radius 3 is 3.00 bits per heavy atom. The lowest BCUT2D eigenvalue weighted by Gasteiger charge is -2.20. The predicted octanol–water partition coefficient (Wildman–Crippen LogP) is 2.07. The van der Waals surface area contributed by atoms with E-state index in [9.17, 15) is 0 Å². The lowest BCUT2D eigenvalue weighted by molar-refractivity contribution is 0.00995. The average Bonchev–Trinajstić information content (AvgIpc) is 2.58. The number of hydrogen-bond acceptors (Lipinski definition) is 2. The van der Waals surface area contributed by atoms with Crippen LogP contribution in [0.15, 0.2) is 12.4 Å². The van der Waals surface area contributed by atoms with Crippen LogP contribution >= 0.6 is 12.4 Å². The molecule has 2 rings (SSSR count). The summed E-state index contributed by atoms with van der Waals surface area (Å²) in [5, 5.41) is 0. The second-order valence-electron chi connectivity index (χ2n) is 2.83. The minimum atomic E-state index is 0. The number of halogens is 1. The van der Waals surface area contributed by atoms with Crippen LogP contribution in [0.2, 0.25) is 0 Å². The number of ether oxygens (including phenoxy) is 1. The Hall–Kier alpha value is -0.540. The van der Waals surface area contributed by atoms with Crippen LogP contribution in [0.5, 0.6) is 0 Å². The summed E-state index contributed by atoms with van der Waals surface area (Å²) in [6.45, 7) is 0.880. The molecule has 1 N–H and O–H groups in total. The SMILES string of the molecule is Cl.c1c[nH]c(C2CCCCO2)n1. The summed E-state index contributed by atoms with van der Waals surface area (Å²) in [6.07, 6.45) is 7.38. The van der Waals surface area contributed by atoms with Crippen molar-refractivity contribution in [1.82, 2.24) is 9.97 Å². The molecule has 0 bridgehead atoms. The van der Waals surface area contributed by atoms with Gasteiger partial charge in [0, 0.05) is 19.0 Å². The highest BCUT2D eigenvalue weighted by atomic mass is 35.5. The molecule has 3 nitrogen and oxygen atoms in total. The molecule has 0 saturated carbocycles. The van der Waals surface area contributed by atoms with Gasteiger partial charge in [0.25, 0.3) is 0 Å². The first kappa shape index (κ1) is 9.55. The van der Waals surface area contributed by atoms with Crippen molar-refractivity contribution >= 4 is 12.4 Å². The Bertz CT molecular complexity index is 207. The van der Waals surface area contributed by atoms with Gasteiger partial charge in [0.2, 0.25) is 0 Å². The van der Waals surface area contributed by atoms with Gasteiger partial charge in [0.05, 0.1) is 0 Å². The van der Waals surface area contributed by atoms with E-state index < -0.39 is 0 Å². The molecule has 1 aliphatic rings. The lowest BCUT2D eigenvalue weighted by Crippen LogP contribution is -2.12. The number of nitrogens with zero attached hydrogens (tertiary/aromatic N) is 1. The molecule has 1 unspecified atom stereocenters. The zero-order chi connectivity index (χ0) is 7.52. The van der Waals surface area contributed by atoms with E-state index in [1.807, 2.05) is 6.20 Å². The van der Waals surface area contributed by atoms with Gasteiger partial charge in [-0.3, -0.25) is 0 Å². The third-order valence-corrected chi connectivity index (χ3v) is 2.00. The van der Waals surface area contributed by atoms with Gasteiger partial charge in [-0.15, -0.1) is 12.4 Å². The number of H-pyrrole nitrogens is 1. The van der Waals surface area contributed by atoms with E-state index in [1.54, 1.807) is 6.20 Å². The average molecular weight is 189 g/mol. The standard InChI is InChI=1S/C8H12N2O.ClH/c1-2-6-11-7(3-1)8-9-4-5-10-8;/h4-5,7H,1-3,6H2,(H,9,10);1H. The van der Waals surface area contributed by atoms with E-state index in [-0.39, 0.29) is 18.5 Å². The van der Waals surface area contributed by atoms with E-state index in [2.05, 4.69) is 9.97 Å². The smallest absolute Gasteiger partial charge is 0.135 e. The molecular weight excluding hydrogens is 176 g/mol. The first-order valence-corrected chi connectivity index (χ1v) is 4.08. The molecule has 12 heavy (non-hydrogen) atoms. The van der Waals surface area contributed by atoms with Crippen LogP contribution in [0.3, 0.4) is 0 Å². The van der Waals surface area contributed by atoms with Crippen LogP contribution in [0.25, 0.3) is 0 Å². The summed E-state index contributed by atoms with van der Waals surface area (Å²) >= 11 is 0. The fraction of sp³-hybridized carbons (Fsp3) is 0.625. The van der Waals surface area contributed by atoms with Crippen LogP contribution < -0.4 is 0 Å². The second kappa shape index (κ2) is 4.48. The largest absolute Gasteiger partial charge is 0.370 e. The summed E-state index contributed by atoms with van der Waals surface area (Å²) in [5.41, 5.74) is 0. The van der Waals surface area contributed by atoms with Gasteiger partial charge in [-0.05, 0) is 19.3 Å². The van der Waals surface area contributed by atoms with Crippen LogP contribution in [0.4, 0.5) is 0 Å². The number of rotatable bonds is 1. The Kier molecular flexibility index (Phi) is 3.56. The van der Waals surface area contributed by atoms with Gasteiger partial charge in [0.15, 0.2) is 0 Å². The molecule has 0 aromatic carbocycles. The molecule has 2 heterocycles. The van der Waals surface area contributed by atoms with Crippen molar-refractivity contribution in [3.8, 4) is 0 Å². The lowest BCUT2D eigenvalue weighted by atomic mass is 10.1. The number of imidazole rings is 1. The van der Waals surface area contributed by atoms with Crippen molar-refractivity contribution in [2.75, 3.05) is 6.61 Å². The van der Waals surface area contributed by atoms with Gasteiger partial charge >= 0.3 is 0 Å². The number of nitrogens with one attached hydrogen (secondary N) is 1. The molecular formula is C8H13ClN2O. The third-order valence-electron chi connectivity index (χ3n) is 2.00. The minimum absolute atomic E-state index is 0. The molecule has 4 heteroatoms. The number of hydrogen-bond donors (Lipinski definition) is 1. The summed E-state index contributed by atoms with van der Waals surface area (Å²) in [6, 6.07) is 0. The maximum absolute atomic E-state index is 5.53. The predicted molar refractivity (Wildman–Crippen MR) is 48.4 cm³/mol. The van der Waals surface area contributed by atoms with E-state index in [1.165, 1.54) is 12.8 Å². The highest BCUT2D eigenvalue weighted by Gasteiger charge is 2.17. The second-order valence-corrected chi connectivity index (χ2v) is 2.83. The van der Waals surface area contributed by atoms with Crippen LogP contribution in [-0.2, 0) is 4.74 Å². The normalized spacial score (nSPS) is 23.2. The molecule has 0 spiro atoms. The molecule has 1 aromatic heterocycles. The fourth-order valence-corrected chi connectivity index (χ4v) is 1.41. The van der Waals surface area contributed by atoms with E-state index in [4.69, 9.17) is 4.74 Å². The topological polar surface area (TPSA) is 37.9 Å². The maximum Gasteiger partial charge on any atom is 0.135 e. The first-order chi connectivity index (χ1) is 5.47. The molecule has 0 radical (unpaired) electrons. The van der Waals surface area contributed by atoms with Crippen molar-refractivity contribution < 1.29 is 4.74 Å². The fourth-order valence-electron chi connectivity index (χ4n) is 1.41. The zero-order valence-corrected chi connectivity index (χ0v) is 7.64. The molecule has 1 aliphatic heterocycles. The Morgan fingerprint density at radius 2 is 2.42 bits per heavy atom. The van der Waals surface area contributed by atoms with Crippen LogP contribution in [0.1, 0.15) is 31.2 Å². The van der Waals surface area contributed by atoms with Crippen molar-refractivity contribution in [1.29, 1.82) is 0 Å². The van der Waals surface area contributed by atoms with Crippen molar-refractivity contribution in [2.24, 2.45) is 0 Å². The van der Waals surface area contributed by atoms with E-state index in [0.29, 0.717) is 0 Å². The minimum Gasteiger partial charge on any atom is -0.370 e. The molecule has 0 aliphatic carbocycles. The van der Waals surface area contributed by atoms with Gasteiger partial charge in [0.1, 0.15) is 11.9 Å². The molecule has 0 amide bonds. The number of aromatic nitrogens is 2. The van der Waals surface area contributed by atoms with Gasteiger partial charge in [-0.25, -0.2) is 4.98 Å². The molecule has 1 fully saturated rings. The van der Waals surface area contributed by atoms with Crippen molar-refractivity contribution in [3.63, 3.8) is 0 Å². The summed E-state index contributed by atoms with van der Waals surface area (Å²) in [5.74, 6) is 0.977. The highest BCUT2D eigenvalue weighted by molar-refractivity contribution is 5.85. The van der Waals surface area contributed by atoms with Crippen LogP contribution in [-0.4, -0.2) is 16.6 Å². The Labute approximate surface area is 77.9 Å². The molecule has 1 aromatic rings. The van der Waals surface area contributed by atoms with Gasteiger partial charge < -0.3 is 9.72 Å². The quantitative estimate of drug-likeness (QED) is 0.733. The van der Waals surface area contributed by atoms with E-state index in [0.717, 1.165) is 18.9 Å². The Balaban J connectivity index is 0.000000720. The summed E-state index contributed by atoms with van der Waals surface area (Å²) < 4.78 is 5.53. The third kappa shape index (κ3) is 1.99. The molecule has 1 saturated heterocycles. The van der Waals surface area contributed by atoms with Gasteiger partial charge in [-0.2, -0.15) is 0 Å². The van der Waals surface area contributed by atoms with Gasteiger partial charge in [-0.1, -0.05) is 0 Å². The Morgan fingerprint density at radius 1 is 1.50 bits per heavy atom. The van der Waals surface area contributed by atoms with Crippen molar-refractivity contribution in [2.45, 2.75) is 25.4 Å². The number of aromatic amines is 1. The summed E-state index contributed by atoms with van der Waals surface area (Å²) in [4.78, 5) is 7.23.